The summed E-state index contributed by atoms with van der Waals surface area (Å²) in [6, 6.07) is 7.06. The molecule has 0 radical (unpaired) electrons. The highest BCUT2D eigenvalue weighted by Crippen LogP contribution is 2.37. The minimum absolute atomic E-state index is 0.0494. The van der Waals surface area contributed by atoms with Crippen LogP contribution in [0, 0.1) is 0 Å². The molecule has 1 fully saturated rings. The van der Waals surface area contributed by atoms with E-state index in [9.17, 15) is 13.2 Å². The zero-order valence-electron chi connectivity index (χ0n) is 16.8. The lowest BCUT2D eigenvalue weighted by Crippen LogP contribution is -2.23. The Kier molecular flexibility index (Phi) is 6.19. The van der Waals surface area contributed by atoms with Gasteiger partial charge in [0.15, 0.2) is 0 Å². The second-order valence-electron chi connectivity index (χ2n) is 8.15. The van der Waals surface area contributed by atoms with Gasteiger partial charge in [0.1, 0.15) is 23.0 Å². The highest BCUT2D eigenvalue weighted by molar-refractivity contribution is 5.55. The summed E-state index contributed by atoms with van der Waals surface area (Å²) in [5.74, 6) is 0.320. The number of nitrogens with one attached hydrogen (secondary N) is 1. The standard InChI is InChI=1S/C21H26F3N3O2/c1-20(2,3)29-16-11-9-14(10-12-16)26-19-25-13-17(21(22,23)24)18(27-19)28-15-7-5-4-6-8-15/h9-13,15H,4-8H2,1-3H3,(H,25,26,27). The average Bonchev–Trinajstić information content (AvgIpc) is 2.62. The molecule has 1 saturated carbocycles. The number of alkyl halides is 3. The first-order valence-corrected chi connectivity index (χ1v) is 9.77. The first-order chi connectivity index (χ1) is 13.6. The SMILES string of the molecule is CC(C)(C)Oc1ccc(Nc2ncc(C(F)(F)F)c(OC3CCCCC3)n2)cc1. The molecule has 0 unspecified atom stereocenters. The summed E-state index contributed by atoms with van der Waals surface area (Å²) >= 11 is 0. The van der Waals surface area contributed by atoms with E-state index in [4.69, 9.17) is 9.47 Å². The van der Waals surface area contributed by atoms with Gasteiger partial charge in [0, 0.05) is 11.9 Å². The van der Waals surface area contributed by atoms with Gasteiger partial charge in [0.25, 0.3) is 0 Å². The maximum atomic E-state index is 13.3. The predicted octanol–water partition coefficient (Wildman–Crippen LogP) is 6.13. The fourth-order valence-corrected chi connectivity index (χ4v) is 3.14. The van der Waals surface area contributed by atoms with E-state index in [2.05, 4.69) is 15.3 Å². The largest absolute Gasteiger partial charge is 0.488 e. The molecule has 1 aromatic heterocycles. The second-order valence-corrected chi connectivity index (χ2v) is 8.15. The van der Waals surface area contributed by atoms with E-state index >= 15 is 0 Å². The Morgan fingerprint density at radius 2 is 1.66 bits per heavy atom. The number of nitrogens with zero attached hydrogens (tertiary/aromatic N) is 2. The Morgan fingerprint density at radius 3 is 2.24 bits per heavy atom. The van der Waals surface area contributed by atoms with Crippen molar-refractivity contribution in [1.29, 1.82) is 0 Å². The molecule has 8 heteroatoms. The minimum atomic E-state index is -4.57. The van der Waals surface area contributed by atoms with Crippen molar-refractivity contribution in [1.82, 2.24) is 9.97 Å². The second kappa shape index (κ2) is 8.47. The van der Waals surface area contributed by atoms with Crippen LogP contribution in [-0.2, 0) is 6.18 Å². The van der Waals surface area contributed by atoms with Crippen molar-refractivity contribution in [3.63, 3.8) is 0 Å². The summed E-state index contributed by atoms with van der Waals surface area (Å²) in [6.45, 7) is 5.84. The summed E-state index contributed by atoms with van der Waals surface area (Å²) in [5, 5.41) is 2.93. The highest BCUT2D eigenvalue weighted by atomic mass is 19.4. The zero-order valence-corrected chi connectivity index (χ0v) is 16.8. The number of hydrogen-bond acceptors (Lipinski definition) is 5. The molecular weight excluding hydrogens is 383 g/mol. The molecule has 1 N–H and O–H groups in total. The molecule has 0 bridgehead atoms. The van der Waals surface area contributed by atoms with Gasteiger partial charge in [-0.25, -0.2) is 4.98 Å². The normalized spacial score (nSPS) is 15.8. The third-order valence-electron chi connectivity index (χ3n) is 4.42. The van der Waals surface area contributed by atoms with Crippen LogP contribution < -0.4 is 14.8 Å². The van der Waals surface area contributed by atoms with E-state index < -0.39 is 17.6 Å². The van der Waals surface area contributed by atoms with Crippen LogP contribution in [-0.4, -0.2) is 21.7 Å². The molecule has 29 heavy (non-hydrogen) atoms. The molecule has 0 amide bonds. The van der Waals surface area contributed by atoms with Gasteiger partial charge in [-0.05, 0) is 70.7 Å². The van der Waals surface area contributed by atoms with Crippen LogP contribution in [0.4, 0.5) is 24.8 Å². The molecule has 3 rings (SSSR count). The lowest BCUT2D eigenvalue weighted by molar-refractivity contribution is -0.140. The Labute approximate surface area is 168 Å². The Hall–Kier alpha value is -2.51. The van der Waals surface area contributed by atoms with Gasteiger partial charge in [-0.1, -0.05) is 6.42 Å². The number of hydrogen-bond donors (Lipinski definition) is 1. The van der Waals surface area contributed by atoms with Crippen molar-refractivity contribution in [2.45, 2.75) is 70.8 Å². The van der Waals surface area contributed by atoms with E-state index in [-0.39, 0.29) is 17.7 Å². The number of aromatic nitrogens is 2. The molecule has 1 aromatic carbocycles. The van der Waals surface area contributed by atoms with Gasteiger partial charge in [-0.3, -0.25) is 0 Å². The van der Waals surface area contributed by atoms with E-state index in [0.29, 0.717) is 11.4 Å². The van der Waals surface area contributed by atoms with Gasteiger partial charge in [-0.15, -0.1) is 0 Å². The zero-order chi connectivity index (χ0) is 21.1. The van der Waals surface area contributed by atoms with Gasteiger partial charge in [0.2, 0.25) is 11.8 Å². The van der Waals surface area contributed by atoms with Gasteiger partial charge < -0.3 is 14.8 Å². The van der Waals surface area contributed by atoms with Gasteiger partial charge >= 0.3 is 6.18 Å². The maximum absolute atomic E-state index is 13.3. The number of benzene rings is 1. The van der Waals surface area contributed by atoms with Crippen molar-refractivity contribution >= 4 is 11.6 Å². The summed E-state index contributed by atoms with van der Waals surface area (Å²) in [7, 11) is 0. The number of halogens is 3. The first kappa shape index (κ1) is 21.2. The molecule has 0 spiro atoms. The smallest absolute Gasteiger partial charge is 0.423 e. The van der Waals surface area contributed by atoms with E-state index in [1.165, 1.54) is 0 Å². The fourth-order valence-electron chi connectivity index (χ4n) is 3.14. The van der Waals surface area contributed by atoms with Crippen LogP contribution in [0.25, 0.3) is 0 Å². The van der Waals surface area contributed by atoms with Crippen molar-refractivity contribution < 1.29 is 22.6 Å². The molecule has 158 valence electrons. The van der Waals surface area contributed by atoms with Gasteiger partial charge in [0.05, 0.1) is 0 Å². The molecule has 1 aliphatic rings. The van der Waals surface area contributed by atoms with Crippen LogP contribution in [0.3, 0.4) is 0 Å². The molecule has 1 aliphatic carbocycles. The van der Waals surface area contributed by atoms with E-state index in [1.54, 1.807) is 24.3 Å². The number of anilines is 2. The molecular formula is C21H26F3N3O2. The van der Waals surface area contributed by atoms with Crippen LogP contribution in [0.1, 0.15) is 58.4 Å². The van der Waals surface area contributed by atoms with Crippen molar-refractivity contribution in [3.8, 4) is 11.6 Å². The molecule has 2 aromatic rings. The minimum Gasteiger partial charge on any atom is -0.488 e. The summed E-state index contributed by atoms with van der Waals surface area (Å²) < 4.78 is 51.4. The average molecular weight is 409 g/mol. The molecule has 0 aliphatic heterocycles. The van der Waals surface area contributed by atoms with Crippen LogP contribution >= 0.6 is 0 Å². The fraction of sp³-hybridized carbons (Fsp3) is 0.524. The number of ether oxygens (including phenoxy) is 2. The summed E-state index contributed by atoms with van der Waals surface area (Å²) in [5.41, 5.74) is -0.645. The van der Waals surface area contributed by atoms with E-state index in [0.717, 1.165) is 38.3 Å². The third-order valence-corrected chi connectivity index (χ3v) is 4.42. The van der Waals surface area contributed by atoms with Crippen LogP contribution in [0.15, 0.2) is 30.5 Å². The highest BCUT2D eigenvalue weighted by Gasteiger charge is 2.37. The third kappa shape index (κ3) is 6.24. The van der Waals surface area contributed by atoms with Crippen molar-refractivity contribution in [2.24, 2.45) is 0 Å². The van der Waals surface area contributed by atoms with Crippen LogP contribution in [0.2, 0.25) is 0 Å². The van der Waals surface area contributed by atoms with Gasteiger partial charge in [-0.2, -0.15) is 18.2 Å². The topological polar surface area (TPSA) is 56.3 Å². The van der Waals surface area contributed by atoms with Crippen LogP contribution in [0.5, 0.6) is 11.6 Å². The monoisotopic (exact) mass is 409 g/mol. The maximum Gasteiger partial charge on any atom is 0.423 e. The quantitative estimate of drug-likeness (QED) is 0.644. The molecule has 1 heterocycles. The Bertz CT molecular complexity index is 811. The number of rotatable bonds is 5. The van der Waals surface area contributed by atoms with Crippen molar-refractivity contribution in [3.05, 3.63) is 36.0 Å². The Balaban J connectivity index is 1.77. The summed E-state index contributed by atoms with van der Waals surface area (Å²) in [4.78, 5) is 7.84. The van der Waals surface area contributed by atoms with E-state index in [1.807, 2.05) is 20.8 Å². The molecule has 0 atom stereocenters. The molecule has 0 saturated heterocycles. The first-order valence-electron chi connectivity index (χ1n) is 9.77. The lowest BCUT2D eigenvalue weighted by atomic mass is 9.98. The van der Waals surface area contributed by atoms with Crippen molar-refractivity contribution in [2.75, 3.05) is 5.32 Å². The summed E-state index contributed by atoms with van der Waals surface area (Å²) in [6.07, 6.45) is 0.396. The lowest BCUT2D eigenvalue weighted by Gasteiger charge is -2.24. The predicted molar refractivity (Wildman–Crippen MR) is 105 cm³/mol. The Morgan fingerprint density at radius 1 is 1.00 bits per heavy atom. The molecule has 5 nitrogen and oxygen atoms in total.